The molecule has 2 N–H and O–H groups in total. The minimum absolute atomic E-state index is 0.134. The van der Waals surface area contributed by atoms with Gasteiger partial charge in [-0.25, -0.2) is 0 Å². The van der Waals surface area contributed by atoms with Crippen molar-refractivity contribution in [2.75, 3.05) is 17.3 Å². The Morgan fingerprint density at radius 3 is 2.77 bits per heavy atom. The first-order valence-electron chi connectivity index (χ1n) is 8.27. The van der Waals surface area contributed by atoms with E-state index >= 15 is 0 Å². The average molecular weight is 371 g/mol. The van der Waals surface area contributed by atoms with Crippen molar-refractivity contribution in [2.45, 2.75) is 19.1 Å². The maximum Gasteiger partial charge on any atom is 0.249 e. The standard InChI is InChI=1S/C18H21N5O2S/c1-26-12-9-15(23-10-5-6-11-23)17(24)20-18-19-16(21-22-18)13-25-14-7-3-2-4-8-14/h2-8,10-11,15H,9,12-13H2,1H3,(H2,19,20,21,22,24)/t15-/m0/s1. The maximum absolute atomic E-state index is 12.6. The van der Waals surface area contributed by atoms with Gasteiger partial charge in [0.2, 0.25) is 11.9 Å². The van der Waals surface area contributed by atoms with Crippen LogP contribution in [0.3, 0.4) is 0 Å². The molecule has 8 heteroatoms. The summed E-state index contributed by atoms with van der Waals surface area (Å²) in [5.74, 6) is 2.30. The Kier molecular flexibility index (Phi) is 6.32. The van der Waals surface area contributed by atoms with Crippen molar-refractivity contribution in [3.8, 4) is 5.75 Å². The number of rotatable bonds is 9. The van der Waals surface area contributed by atoms with Crippen LogP contribution in [0.25, 0.3) is 0 Å². The van der Waals surface area contributed by atoms with E-state index in [-0.39, 0.29) is 24.5 Å². The summed E-state index contributed by atoms with van der Waals surface area (Å²) >= 11 is 1.71. The normalized spacial score (nSPS) is 11.9. The fraction of sp³-hybridized carbons (Fsp3) is 0.278. The van der Waals surface area contributed by atoms with Crippen molar-refractivity contribution >= 4 is 23.6 Å². The molecule has 0 radical (unpaired) electrons. The second-order valence-corrected chi connectivity index (χ2v) is 6.61. The number of hydrogen-bond donors (Lipinski definition) is 2. The molecule has 0 unspecified atom stereocenters. The molecule has 0 aliphatic heterocycles. The van der Waals surface area contributed by atoms with Crippen molar-refractivity contribution in [3.05, 3.63) is 60.7 Å². The molecule has 3 rings (SSSR count). The molecule has 0 fully saturated rings. The van der Waals surface area contributed by atoms with Gasteiger partial charge in [0.05, 0.1) is 0 Å². The Balaban J connectivity index is 1.59. The van der Waals surface area contributed by atoms with Crippen LogP contribution in [0.5, 0.6) is 5.75 Å². The zero-order chi connectivity index (χ0) is 18.2. The smallest absolute Gasteiger partial charge is 0.249 e. The first-order valence-corrected chi connectivity index (χ1v) is 9.67. The van der Waals surface area contributed by atoms with Crippen LogP contribution in [0.4, 0.5) is 5.95 Å². The van der Waals surface area contributed by atoms with Crippen LogP contribution in [-0.4, -0.2) is 37.7 Å². The Morgan fingerprint density at radius 2 is 2.04 bits per heavy atom. The number of nitrogens with zero attached hydrogens (tertiary/aromatic N) is 3. The SMILES string of the molecule is CSCC[C@@H](C(=O)Nc1n[nH]c(COc2ccccc2)n1)n1cccc1. The van der Waals surface area contributed by atoms with E-state index in [9.17, 15) is 4.79 Å². The monoisotopic (exact) mass is 371 g/mol. The molecule has 1 aromatic carbocycles. The number of aromatic nitrogens is 4. The third kappa shape index (κ3) is 4.89. The number of thioether (sulfide) groups is 1. The molecule has 2 heterocycles. The van der Waals surface area contributed by atoms with Crippen molar-refractivity contribution in [2.24, 2.45) is 0 Å². The summed E-state index contributed by atoms with van der Waals surface area (Å²) in [7, 11) is 0. The summed E-state index contributed by atoms with van der Waals surface area (Å²) in [4.78, 5) is 16.9. The minimum Gasteiger partial charge on any atom is -0.486 e. The first kappa shape index (κ1) is 18.1. The molecule has 0 aliphatic rings. The number of para-hydroxylation sites is 1. The van der Waals surface area contributed by atoms with Gasteiger partial charge in [-0.15, -0.1) is 5.10 Å². The predicted molar refractivity (Wildman–Crippen MR) is 102 cm³/mol. The molecule has 0 aliphatic carbocycles. The minimum atomic E-state index is -0.292. The first-order chi connectivity index (χ1) is 12.8. The summed E-state index contributed by atoms with van der Waals surface area (Å²) in [5, 5.41) is 9.62. The van der Waals surface area contributed by atoms with Crippen molar-refractivity contribution in [1.82, 2.24) is 19.7 Å². The number of H-pyrrole nitrogens is 1. The number of ether oxygens (including phenoxy) is 1. The second kappa shape index (κ2) is 9.10. The summed E-state index contributed by atoms with van der Waals surface area (Å²) < 4.78 is 7.52. The van der Waals surface area contributed by atoms with Crippen LogP contribution >= 0.6 is 11.8 Å². The molecule has 0 saturated carbocycles. The van der Waals surface area contributed by atoms with Gasteiger partial charge in [0, 0.05) is 12.4 Å². The van der Waals surface area contributed by atoms with Crippen molar-refractivity contribution < 1.29 is 9.53 Å². The van der Waals surface area contributed by atoms with E-state index in [0.717, 1.165) is 17.9 Å². The lowest BCUT2D eigenvalue weighted by molar-refractivity contribution is -0.119. The van der Waals surface area contributed by atoms with Gasteiger partial charge < -0.3 is 9.30 Å². The molecule has 136 valence electrons. The lowest BCUT2D eigenvalue weighted by Gasteiger charge is -2.17. The van der Waals surface area contributed by atoms with Crippen molar-refractivity contribution in [1.29, 1.82) is 0 Å². The predicted octanol–water partition coefficient (Wildman–Crippen LogP) is 3.12. The second-order valence-electron chi connectivity index (χ2n) is 5.62. The molecule has 7 nitrogen and oxygen atoms in total. The summed E-state index contributed by atoms with van der Waals surface area (Å²) in [5.41, 5.74) is 0. The molecule has 1 amide bonds. The average Bonchev–Trinajstić information content (AvgIpc) is 3.33. The van der Waals surface area contributed by atoms with E-state index in [1.807, 2.05) is 65.7 Å². The van der Waals surface area contributed by atoms with Crippen LogP contribution in [0.2, 0.25) is 0 Å². The van der Waals surface area contributed by atoms with E-state index in [0.29, 0.717) is 5.82 Å². The fourth-order valence-corrected chi connectivity index (χ4v) is 2.94. The van der Waals surface area contributed by atoms with Crippen LogP contribution in [0.15, 0.2) is 54.9 Å². The number of benzene rings is 1. The van der Waals surface area contributed by atoms with E-state index in [4.69, 9.17) is 4.74 Å². The molecule has 0 saturated heterocycles. The number of amides is 1. The van der Waals surface area contributed by atoms with Crippen LogP contribution < -0.4 is 10.1 Å². The lowest BCUT2D eigenvalue weighted by Crippen LogP contribution is -2.26. The largest absolute Gasteiger partial charge is 0.486 e. The Bertz CT molecular complexity index is 804. The number of carbonyl (C=O) groups excluding carboxylic acids is 1. The van der Waals surface area contributed by atoms with Crippen LogP contribution in [0.1, 0.15) is 18.3 Å². The maximum atomic E-state index is 12.6. The highest BCUT2D eigenvalue weighted by molar-refractivity contribution is 7.98. The van der Waals surface area contributed by atoms with E-state index < -0.39 is 0 Å². The molecule has 2 aromatic heterocycles. The zero-order valence-corrected chi connectivity index (χ0v) is 15.3. The van der Waals surface area contributed by atoms with E-state index in [1.165, 1.54) is 0 Å². The summed E-state index contributed by atoms with van der Waals surface area (Å²) in [6.45, 7) is 0.250. The third-order valence-electron chi connectivity index (χ3n) is 3.77. The Morgan fingerprint density at radius 1 is 1.27 bits per heavy atom. The lowest BCUT2D eigenvalue weighted by atomic mass is 10.2. The van der Waals surface area contributed by atoms with Gasteiger partial charge in [-0.3, -0.25) is 15.2 Å². The zero-order valence-electron chi connectivity index (χ0n) is 14.5. The van der Waals surface area contributed by atoms with Gasteiger partial charge in [0.15, 0.2) is 5.82 Å². The highest BCUT2D eigenvalue weighted by Gasteiger charge is 2.20. The molecule has 26 heavy (non-hydrogen) atoms. The molecular weight excluding hydrogens is 350 g/mol. The van der Waals surface area contributed by atoms with E-state index in [1.54, 1.807) is 11.8 Å². The number of anilines is 1. The van der Waals surface area contributed by atoms with Crippen LogP contribution in [-0.2, 0) is 11.4 Å². The van der Waals surface area contributed by atoms with Crippen LogP contribution in [0, 0.1) is 0 Å². The fourth-order valence-electron chi connectivity index (χ4n) is 2.48. The molecule has 1 atom stereocenters. The topological polar surface area (TPSA) is 84.8 Å². The number of hydrogen-bond acceptors (Lipinski definition) is 5. The molecule has 0 bridgehead atoms. The summed E-state index contributed by atoms with van der Waals surface area (Å²) in [6, 6.07) is 13.0. The van der Waals surface area contributed by atoms with Gasteiger partial charge in [0.1, 0.15) is 18.4 Å². The highest BCUT2D eigenvalue weighted by atomic mass is 32.2. The Labute approximate surface area is 156 Å². The third-order valence-corrected chi connectivity index (χ3v) is 4.41. The molecule has 3 aromatic rings. The van der Waals surface area contributed by atoms with Crippen molar-refractivity contribution in [3.63, 3.8) is 0 Å². The number of carbonyl (C=O) groups is 1. The van der Waals surface area contributed by atoms with E-state index in [2.05, 4.69) is 20.5 Å². The highest BCUT2D eigenvalue weighted by Crippen LogP contribution is 2.17. The van der Waals surface area contributed by atoms with Gasteiger partial charge in [-0.2, -0.15) is 16.7 Å². The number of aromatic amines is 1. The van der Waals surface area contributed by atoms with Gasteiger partial charge >= 0.3 is 0 Å². The molecule has 0 spiro atoms. The van der Waals surface area contributed by atoms with Gasteiger partial charge in [0.25, 0.3) is 0 Å². The number of nitrogens with one attached hydrogen (secondary N) is 2. The van der Waals surface area contributed by atoms with Gasteiger partial charge in [-0.05, 0) is 42.7 Å². The Hall–Kier alpha value is -2.74. The quantitative estimate of drug-likeness (QED) is 0.604. The van der Waals surface area contributed by atoms with Gasteiger partial charge in [-0.1, -0.05) is 18.2 Å². The summed E-state index contributed by atoms with van der Waals surface area (Å²) in [6.07, 6.45) is 6.54. The molecular formula is C18H21N5O2S.